The summed E-state index contributed by atoms with van der Waals surface area (Å²) in [5.74, 6) is -1.24. The van der Waals surface area contributed by atoms with Gasteiger partial charge in [-0.2, -0.15) is 4.72 Å². The number of carbonyl (C=O) groups is 1. The summed E-state index contributed by atoms with van der Waals surface area (Å²) in [7, 11) is -2.47. The van der Waals surface area contributed by atoms with Crippen LogP contribution in [0.1, 0.15) is 25.0 Å². The lowest BCUT2D eigenvalue weighted by Gasteiger charge is -2.21. The van der Waals surface area contributed by atoms with E-state index in [0.717, 1.165) is 11.1 Å². The Bertz CT molecular complexity index is 1240. The molecule has 0 radical (unpaired) electrons. The van der Waals surface area contributed by atoms with E-state index >= 15 is 0 Å². The Hall–Kier alpha value is -2.91. The van der Waals surface area contributed by atoms with Crippen LogP contribution in [0.25, 0.3) is 11.1 Å². The topological polar surface area (TPSA) is 110 Å². The third kappa shape index (κ3) is 5.23. The molecule has 9 heteroatoms. The number of benzene rings is 2. The van der Waals surface area contributed by atoms with Gasteiger partial charge in [0, 0.05) is 19.7 Å². The van der Waals surface area contributed by atoms with Crippen molar-refractivity contribution >= 4 is 27.0 Å². The molecule has 0 fully saturated rings. The van der Waals surface area contributed by atoms with Crippen molar-refractivity contribution in [1.82, 2.24) is 14.6 Å². The first-order chi connectivity index (χ1) is 14.6. The van der Waals surface area contributed by atoms with Gasteiger partial charge in [-0.25, -0.2) is 13.2 Å². The molecule has 0 saturated heterocycles. The summed E-state index contributed by atoms with van der Waals surface area (Å²) in [6.07, 6.45) is 0.646. The van der Waals surface area contributed by atoms with Gasteiger partial charge in [-0.1, -0.05) is 43.7 Å². The maximum atomic E-state index is 12.9. The predicted octanol–water partition coefficient (Wildman–Crippen LogP) is 2.10. The molecule has 0 bridgehead atoms. The average Bonchev–Trinajstić information content (AvgIpc) is 3.00. The molecule has 0 aliphatic carbocycles. The molecule has 1 heterocycles. The zero-order valence-corrected chi connectivity index (χ0v) is 18.8. The zero-order valence-electron chi connectivity index (χ0n) is 18.0. The van der Waals surface area contributed by atoms with Crippen LogP contribution in [-0.4, -0.2) is 31.5 Å². The Balaban J connectivity index is 1.71. The number of amides is 1. The standard InChI is InChI=1S/C22H27N3O5S/c1-14(2)20(21(26)23-12-11-16-7-5-15(3)6-8-16)24-31(28,29)17-9-10-18-19(13-17)30-22(27)25(18)4/h5-10,13-14,20,24H,11-12H2,1-4H3,(H,23,26)/t20-/m0/s1. The third-order valence-corrected chi connectivity index (χ3v) is 6.58. The van der Waals surface area contributed by atoms with Crippen molar-refractivity contribution in [3.63, 3.8) is 0 Å². The smallest absolute Gasteiger partial charge is 0.408 e. The van der Waals surface area contributed by atoms with E-state index in [4.69, 9.17) is 4.42 Å². The van der Waals surface area contributed by atoms with Gasteiger partial charge in [-0.05, 0) is 37.0 Å². The monoisotopic (exact) mass is 445 g/mol. The summed E-state index contributed by atoms with van der Waals surface area (Å²) in [4.78, 5) is 24.3. The molecule has 0 aliphatic rings. The minimum Gasteiger partial charge on any atom is -0.408 e. The molecule has 1 amide bonds. The molecule has 2 N–H and O–H groups in total. The highest BCUT2D eigenvalue weighted by atomic mass is 32.2. The van der Waals surface area contributed by atoms with Crippen molar-refractivity contribution in [3.05, 3.63) is 64.1 Å². The number of hydrogen-bond donors (Lipinski definition) is 2. The minimum absolute atomic E-state index is 0.0764. The van der Waals surface area contributed by atoms with E-state index in [0.29, 0.717) is 18.5 Å². The van der Waals surface area contributed by atoms with Crippen LogP contribution < -0.4 is 15.8 Å². The SMILES string of the molecule is Cc1ccc(CCNC(=O)[C@@H](NS(=O)(=O)c2ccc3c(c2)oc(=O)n3C)C(C)C)cc1. The highest BCUT2D eigenvalue weighted by Gasteiger charge is 2.28. The number of fused-ring (bicyclic) bond motifs is 1. The molecular weight excluding hydrogens is 418 g/mol. The van der Waals surface area contributed by atoms with E-state index in [1.54, 1.807) is 13.8 Å². The van der Waals surface area contributed by atoms with Gasteiger partial charge in [-0.15, -0.1) is 0 Å². The van der Waals surface area contributed by atoms with Crippen molar-refractivity contribution < 1.29 is 17.6 Å². The minimum atomic E-state index is -4.01. The first-order valence-electron chi connectivity index (χ1n) is 10.0. The predicted molar refractivity (Wildman–Crippen MR) is 118 cm³/mol. The average molecular weight is 446 g/mol. The number of hydrogen-bond acceptors (Lipinski definition) is 5. The van der Waals surface area contributed by atoms with Gasteiger partial charge in [0.1, 0.15) is 6.04 Å². The molecule has 3 aromatic rings. The fourth-order valence-electron chi connectivity index (χ4n) is 3.20. The lowest BCUT2D eigenvalue weighted by molar-refractivity contribution is -0.123. The first-order valence-corrected chi connectivity index (χ1v) is 11.5. The molecule has 2 aromatic carbocycles. The maximum absolute atomic E-state index is 12.9. The van der Waals surface area contributed by atoms with Crippen molar-refractivity contribution in [3.8, 4) is 0 Å². The zero-order chi connectivity index (χ0) is 22.8. The molecule has 0 unspecified atom stereocenters. The first kappa shape index (κ1) is 22.8. The Morgan fingerprint density at radius 3 is 2.45 bits per heavy atom. The lowest BCUT2D eigenvalue weighted by Crippen LogP contribution is -2.49. The quantitative estimate of drug-likeness (QED) is 0.552. The summed E-state index contributed by atoms with van der Waals surface area (Å²) in [6, 6.07) is 11.2. The Morgan fingerprint density at radius 1 is 1.13 bits per heavy atom. The number of aromatic nitrogens is 1. The summed E-state index contributed by atoms with van der Waals surface area (Å²) < 4.78 is 34.6. The van der Waals surface area contributed by atoms with Gasteiger partial charge in [0.05, 0.1) is 10.4 Å². The lowest BCUT2D eigenvalue weighted by atomic mass is 10.0. The second kappa shape index (κ2) is 9.07. The summed E-state index contributed by atoms with van der Waals surface area (Å²) in [6.45, 7) is 5.94. The molecule has 8 nitrogen and oxygen atoms in total. The largest absolute Gasteiger partial charge is 0.419 e. The van der Waals surface area contributed by atoms with E-state index in [1.165, 1.54) is 29.8 Å². The molecule has 0 saturated carbocycles. The normalized spacial score (nSPS) is 12.9. The highest BCUT2D eigenvalue weighted by molar-refractivity contribution is 7.89. The molecule has 31 heavy (non-hydrogen) atoms. The van der Waals surface area contributed by atoms with E-state index in [9.17, 15) is 18.0 Å². The van der Waals surface area contributed by atoms with Crippen LogP contribution in [-0.2, 0) is 28.3 Å². The maximum Gasteiger partial charge on any atom is 0.419 e. The van der Waals surface area contributed by atoms with Crippen molar-refractivity contribution in [2.24, 2.45) is 13.0 Å². The number of sulfonamides is 1. The number of rotatable bonds is 8. The van der Waals surface area contributed by atoms with E-state index in [2.05, 4.69) is 10.0 Å². The number of nitrogens with one attached hydrogen (secondary N) is 2. The van der Waals surface area contributed by atoms with Crippen LogP contribution in [0.5, 0.6) is 0 Å². The number of aryl methyl sites for hydroxylation is 2. The molecule has 1 atom stereocenters. The molecular formula is C22H27N3O5S. The second-order valence-corrected chi connectivity index (χ2v) is 9.64. The van der Waals surface area contributed by atoms with Crippen LogP contribution >= 0.6 is 0 Å². The van der Waals surface area contributed by atoms with Crippen LogP contribution in [0.15, 0.2) is 56.6 Å². The molecule has 0 aliphatic heterocycles. The van der Waals surface area contributed by atoms with Gasteiger partial charge in [-0.3, -0.25) is 9.36 Å². The second-order valence-electron chi connectivity index (χ2n) is 7.93. The highest BCUT2D eigenvalue weighted by Crippen LogP contribution is 2.19. The molecule has 0 spiro atoms. The molecule has 3 rings (SSSR count). The van der Waals surface area contributed by atoms with Crippen molar-refractivity contribution in [1.29, 1.82) is 0 Å². The van der Waals surface area contributed by atoms with Gasteiger partial charge in [0.2, 0.25) is 15.9 Å². The van der Waals surface area contributed by atoms with Gasteiger partial charge in [0.15, 0.2) is 5.58 Å². The van der Waals surface area contributed by atoms with E-state index < -0.39 is 27.7 Å². The Morgan fingerprint density at radius 2 is 1.81 bits per heavy atom. The van der Waals surface area contributed by atoms with Crippen molar-refractivity contribution in [2.45, 2.75) is 38.1 Å². The van der Waals surface area contributed by atoms with Crippen LogP contribution in [0, 0.1) is 12.8 Å². The number of carbonyl (C=O) groups excluding carboxylic acids is 1. The summed E-state index contributed by atoms with van der Waals surface area (Å²) in [5.41, 5.74) is 2.90. The third-order valence-electron chi connectivity index (χ3n) is 5.14. The summed E-state index contributed by atoms with van der Waals surface area (Å²) >= 11 is 0. The Labute approximate surface area is 181 Å². The fraction of sp³-hybridized carbons (Fsp3) is 0.364. The van der Waals surface area contributed by atoms with Gasteiger partial charge < -0.3 is 9.73 Å². The van der Waals surface area contributed by atoms with Crippen LogP contribution in [0.3, 0.4) is 0 Å². The van der Waals surface area contributed by atoms with Gasteiger partial charge in [0.25, 0.3) is 0 Å². The summed E-state index contributed by atoms with van der Waals surface area (Å²) in [5, 5.41) is 2.81. The van der Waals surface area contributed by atoms with Crippen molar-refractivity contribution in [2.75, 3.05) is 6.54 Å². The van der Waals surface area contributed by atoms with Crippen LogP contribution in [0.2, 0.25) is 0 Å². The van der Waals surface area contributed by atoms with Crippen LogP contribution in [0.4, 0.5) is 0 Å². The Kier molecular flexibility index (Phi) is 6.66. The van der Waals surface area contributed by atoms with E-state index in [1.807, 2.05) is 31.2 Å². The molecule has 1 aromatic heterocycles. The molecule has 166 valence electrons. The fourth-order valence-corrected chi connectivity index (χ4v) is 4.56. The number of oxazole rings is 1. The number of nitrogens with zero attached hydrogens (tertiary/aromatic N) is 1. The van der Waals surface area contributed by atoms with Gasteiger partial charge >= 0.3 is 5.76 Å². The van der Waals surface area contributed by atoms with E-state index in [-0.39, 0.29) is 16.4 Å².